The maximum Gasteiger partial charge on any atom is 0.310 e. The number of aliphatic hydroxyl groups excluding tert-OH is 1. The molecule has 210 valence electrons. The first-order valence-corrected chi connectivity index (χ1v) is 13.0. The summed E-state index contributed by atoms with van der Waals surface area (Å²) >= 11 is 6.37. The molecule has 5 atom stereocenters. The molecule has 0 aromatic heterocycles. The summed E-state index contributed by atoms with van der Waals surface area (Å²) in [5, 5.41) is 11.6. The molecular formula is C28H37ClO9. The molecule has 1 saturated heterocycles. The van der Waals surface area contributed by atoms with E-state index in [0.717, 1.165) is 0 Å². The zero-order valence-corrected chi connectivity index (χ0v) is 23.1. The average molecular weight is 553 g/mol. The van der Waals surface area contributed by atoms with E-state index in [-0.39, 0.29) is 36.9 Å². The predicted octanol–water partition coefficient (Wildman–Crippen LogP) is 4.02. The molecule has 1 N–H and O–H groups in total. The second-order valence-electron chi connectivity index (χ2n) is 9.66. The highest BCUT2D eigenvalue weighted by Crippen LogP contribution is 2.31. The van der Waals surface area contributed by atoms with E-state index in [1.54, 1.807) is 13.8 Å². The van der Waals surface area contributed by atoms with Crippen LogP contribution in [-0.4, -0.2) is 65.9 Å². The molecule has 2 aliphatic rings. The van der Waals surface area contributed by atoms with Crippen LogP contribution in [0.2, 0.25) is 0 Å². The van der Waals surface area contributed by atoms with Crippen molar-refractivity contribution in [2.45, 2.75) is 96.7 Å². The van der Waals surface area contributed by atoms with Gasteiger partial charge in [-0.2, -0.15) is 0 Å². The minimum absolute atomic E-state index is 0.112. The lowest BCUT2D eigenvalue weighted by Gasteiger charge is -2.24. The number of carbonyl (C=O) groups excluding carboxylic acids is 4. The van der Waals surface area contributed by atoms with E-state index in [2.05, 4.69) is 6.58 Å². The van der Waals surface area contributed by atoms with Gasteiger partial charge in [0.25, 0.3) is 0 Å². The third kappa shape index (κ3) is 10.6. The molecule has 0 aliphatic carbocycles. The fourth-order valence-corrected chi connectivity index (χ4v) is 4.32. The Morgan fingerprint density at radius 3 is 2.63 bits per heavy atom. The Kier molecular flexibility index (Phi) is 12.4. The van der Waals surface area contributed by atoms with Crippen molar-refractivity contribution >= 4 is 35.3 Å². The first-order valence-electron chi connectivity index (χ1n) is 12.6. The molecule has 2 bridgehead atoms. The molecule has 2 heterocycles. The van der Waals surface area contributed by atoms with E-state index in [4.69, 9.17) is 30.5 Å². The number of hydrogen-bond acceptors (Lipinski definition) is 9. The molecule has 10 heteroatoms. The normalized spacial score (nSPS) is 28.5. The molecule has 2 aliphatic heterocycles. The third-order valence-corrected chi connectivity index (χ3v) is 6.61. The third-order valence-electron chi connectivity index (χ3n) is 6.27. The Bertz CT molecular complexity index is 1010. The van der Waals surface area contributed by atoms with Gasteiger partial charge in [-0.3, -0.25) is 19.2 Å². The Morgan fingerprint density at radius 1 is 1.26 bits per heavy atom. The topological polar surface area (TPSA) is 125 Å². The largest absolute Gasteiger partial charge is 0.460 e. The average Bonchev–Trinajstić information content (AvgIpc) is 3.22. The zero-order valence-electron chi connectivity index (χ0n) is 22.4. The molecule has 0 saturated carbocycles. The molecular weight excluding hydrogens is 516 g/mol. The second kappa shape index (κ2) is 15.0. The monoisotopic (exact) mass is 552 g/mol. The fourth-order valence-electron chi connectivity index (χ4n) is 4.12. The van der Waals surface area contributed by atoms with E-state index in [0.29, 0.717) is 41.9 Å². The van der Waals surface area contributed by atoms with Crippen molar-refractivity contribution < 1.29 is 43.2 Å². The quantitative estimate of drug-likeness (QED) is 0.206. The first-order chi connectivity index (χ1) is 17.8. The van der Waals surface area contributed by atoms with Gasteiger partial charge in [-0.25, -0.2) is 0 Å². The summed E-state index contributed by atoms with van der Waals surface area (Å²) in [7, 11) is 0. The van der Waals surface area contributed by atoms with Crippen molar-refractivity contribution in [3.8, 4) is 0 Å². The lowest BCUT2D eigenvalue weighted by atomic mass is 10.0. The number of ketones is 1. The first kappa shape index (κ1) is 31.5. The number of allylic oxidation sites excluding steroid dienone is 3. The van der Waals surface area contributed by atoms with E-state index in [9.17, 15) is 24.3 Å². The van der Waals surface area contributed by atoms with Gasteiger partial charge < -0.3 is 24.1 Å². The van der Waals surface area contributed by atoms with Gasteiger partial charge in [0, 0.05) is 23.9 Å². The number of rotatable bonds is 8. The molecule has 2 unspecified atom stereocenters. The number of Topliss-reactive ketones (excluding diaryl/α,β-unsaturated/α-hetero) is 1. The maximum absolute atomic E-state index is 12.8. The number of fused-ring (bicyclic) bond motifs is 2. The second-order valence-corrected chi connectivity index (χ2v) is 10.1. The zero-order chi connectivity index (χ0) is 28.4. The summed E-state index contributed by atoms with van der Waals surface area (Å²) in [6.07, 6.45) is 2.95. The van der Waals surface area contributed by atoms with E-state index >= 15 is 0 Å². The summed E-state index contributed by atoms with van der Waals surface area (Å²) in [4.78, 5) is 47.8. The molecule has 1 fully saturated rings. The van der Waals surface area contributed by atoms with Crippen molar-refractivity contribution in [1.29, 1.82) is 0 Å². The number of esters is 3. The summed E-state index contributed by atoms with van der Waals surface area (Å²) in [6.45, 7) is 9.37. The van der Waals surface area contributed by atoms with Crippen molar-refractivity contribution in [3.05, 3.63) is 46.6 Å². The molecule has 2 rings (SSSR count). The van der Waals surface area contributed by atoms with Crippen LogP contribution in [0.1, 0.15) is 66.2 Å². The van der Waals surface area contributed by atoms with Crippen LogP contribution >= 0.6 is 11.6 Å². The Morgan fingerprint density at radius 2 is 1.97 bits per heavy atom. The van der Waals surface area contributed by atoms with Crippen LogP contribution in [0.15, 0.2) is 46.6 Å². The van der Waals surface area contributed by atoms with Gasteiger partial charge in [0.2, 0.25) is 0 Å². The molecule has 9 nitrogen and oxygen atoms in total. The van der Waals surface area contributed by atoms with Gasteiger partial charge in [0.15, 0.2) is 5.78 Å². The van der Waals surface area contributed by atoms with Gasteiger partial charge in [0.05, 0.1) is 18.9 Å². The minimum atomic E-state index is -1.18. The van der Waals surface area contributed by atoms with Crippen molar-refractivity contribution in [3.63, 3.8) is 0 Å². The van der Waals surface area contributed by atoms with Gasteiger partial charge in [-0.15, -0.1) is 0 Å². The van der Waals surface area contributed by atoms with Gasteiger partial charge in [-0.05, 0) is 45.6 Å². The molecule has 38 heavy (non-hydrogen) atoms. The number of halogens is 1. The molecule has 0 aromatic rings. The SMILES string of the molecule is C=C(COC(=O)C/C(C)=C/C(O)[C@@H]1O[C@H]2CC/C(Cl)=C/C/C=C(/C)C(OC(C)=O)CC(=O)O[C@H]1C2)C(C)=O. The number of aliphatic hydroxyl groups is 1. The summed E-state index contributed by atoms with van der Waals surface area (Å²) in [5.74, 6) is -1.95. The van der Waals surface area contributed by atoms with Gasteiger partial charge in [-0.1, -0.05) is 42.0 Å². The van der Waals surface area contributed by atoms with Crippen LogP contribution in [0.25, 0.3) is 0 Å². The van der Waals surface area contributed by atoms with Crippen molar-refractivity contribution in [2.24, 2.45) is 0 Å². The van der Waals surface area contributed by atoms with Crippen molar-refractivity contribution in [1.82, 2.24) is 0 Å². The van der Waals surface area contributed by atoms with Crippen LogP contribution in [0, 0.1) is 0 Å². The molecule has 0 amide bonds. The fraction of sp³-hybridized carbons (Fsp3) is 0.571. The van der Waals surface area contributed by atoms with Gasteiger partial charge >= 0.3 is 17.9 Å². The van der Waals surface area contributed by atoms with E-state index in [1.165, 1.54) is 19.9 Å². The van der Waals surface area contributed by atoms with Crippen LogP contribution in [0.3, 0.4) is 0 Å². The standard InChI is InChI=1S/C28H37ClO9/c1-16(12-26(33)35-15-18(3)19(4)30)11-23(32)28-25-13-22(37-28)10-9-21(29)8-6-7-17(2)24(36-20(5)31)14-27(34)38-25/h7-8,11,22-25,28,32H,3,6,9-10,12-15H2,1-2,4-5H3/b16-11+,17-7-,21-8-/t22-,23?,24?,25-,28-/m0/s1. The number of carbonyl (C=O) groups is 4. The van der Waals surface area contributed by atoms with Gasteiger partial charge in [0.1, 0.15) is 31.0 Å². The number of hydrogen-bond donors (Lipinski definition) is 1. The smallest absolute Gasteiger partial charge is 0.310 e. The van der Waals surface area contributed by atoms with Crippen LogP contribution in [0.4, 0.5) is 0 Å². The van der Waals surface area contributed by atoms with Crippen LogP contribution < -0.4 is 0 Å². The Hall–Kier alpha value is -2.75. The molecule has 0 aromatic carbocycles. The molecule has 0 radical (unpaired) electrons. The highest BCUT2D eigenvalue weighted by Gasteiger charge is 2.41. The summed E-state index contributed by atoms with van der Waals surface area (Å²) in [5.41, 5.74) is 1.40. The lowest BCUT2D eigenvalue weighted by Crippen LogP contribution is -2.37. The lowest BCUT2D eigenvalue weighted by molar-refractivity contribution is -0.159. The minimum Gasteiger partial charge on any atom is -0.460 e. The van der Waals surface area contributed by atoms with Crippen molar-refractivity contribution in [2.75, 3.05) is 6.61 Å². The summed E-state index contributed by atoms with van der Waals surface area (Å²) in [6, 6.07) is 0. The maximum atomic E-state index is 12.8. The molecule has 0 spiro atoms. The number of ether oxygens (including phenoxy) is 4. The highest BCUT2D eigenvalue weighted by atomic mass is 35.5. The Balaban J connectivity index is 2.15. The highest BCUT2D eigenvalue weighted by molar-refractivity contribution is 6.29. The summed E-state index contributed by atoms with van der Waals surface area (Å²) < 4.78 is 22.1. The van der Waals surface area contributed by atoms with E-state index < -0.39 is 42.3 Å². The predicted molar refractivity (Wildman–Crippen MR) is 140 cm³/mol. The van der Waals surface area contributed by atoms with E-state index in [1.807, 2.05) is 12.2 Å². The van der Waals surface area contributed by atoms with Crippen LogP contribution in [-0.2, 0) is 38.1 Å². The van der Waals surface area contributed by atoms with Crippen LogP contribution in [0.5, 0.6) is 0 Å². The Labute approximate surface area is 228 Å².